The van der Waals surface area contributed by atoms with Crippen LogP contribution in [-0.2, 0) is 4.74 Å². The molecule has 0 amide bonds. The molecule has 0 unspecified atom stereocenters. The Balaban J connectivity index is 2.91. The molecule has 0 radical (unpaired) electrons. The summed E-state index contributed by atoms with van der Waals surface area (Å²) >= 11 is 0. The third-order valence-electron chi connectivity index (χ3n) is 1.25. The Labute approximate surface area is 63.7 Å². The molecule has 0 heterocycles. The molecule has 0 bridgehead atoms. The highest BCUT2D eigenvalue weighted by Crippen LogP contribution is 1.96. The zero-order chi connectivity index (χ0) is 7.98. The number of hydrogen-bond donors (Lipinski definition) is 1. The van der Waals surface area contributed by atoms with Gasteiger partial charge in [-0.15, -0.1) is 0 Å². The van der Waals surface area contributed by atoms with Crippen LogP contribution in [0.4, 0.5) is 0 Å². The van der Waals surface area contributed by atoms with Gasteiger partial charge in [0.25, 0.3) is 0 Å². The topological polar surface area (TPSA) is 35.2 Å². The summed E-state index contributed by atoms with van der Waals surface area (Å²) in [5.74, 6) is 0. The highest BCUT2D eigenvalue weighted by atomic mass is 16.5. The molecule has 2 N–H and O–H groups in total. The molecule has 0 fully saturated rings. The van der Waals surface area contributed by atoms with E-state index < -0.39 is 0 Å². The Kier molecular flexibility index (Phi) is 5.64. The molecule has 0 spiro atoms. The van der Waals surface area contributed by atoms with E-state index in [9.17, 15) is 0 Å². The van der Waals surface area contributed by atoms with E-state index in [0.717, 1.165) is 19.4 Å². The minimum absolute atomic E-state index is 0.316. The van der Waals surface area contributed by atoms with Crippen LogP contribution in [0.15, 0.2) is 0 Å². The van der Waals surface area contributed by atoms with Crippen LogP contribution in [0, 0.1) is 0 Å². The van der Waals surface area contributed by atoms with Gasteiger partial charge in [-0.05, 0) is 33.6 Å². The third-order valence-corrected chi connectivity index (χ3v) is 1.25. The number of hydrogen-bond acceptors (Lipinski definition) is 2. The smallest absolute Gasteiger partial charge is 0.0518 e. The predicted octanol–water partition coefficient (Wildman–Crippen LogP) is 1.54. The van der Waals surface area contributed by atoms with Crippen molar-refractivity contribution in [1.82, 2.24) is 0 Å². The van der Waals surface area contributed by atoms with Crippen molar-refractivity contribution in [3.63, 3.8) is 0 Å². The molecule has 0 aromatic carbocycles. The molecule has 2 heteroatoms. The summed E-state index contributed by atoms with van der Waals surface area (Å²) < 4.78 is 5.34. The maximum Gasteiger partial charge on any atom is 0.0518 e. The first-order valence-electron chi connectivity index (χ1n) is 4.00. The van der Waals surface area contributed by atoms with Crippen LogP contribution in [0.25, 0.3) is 0 Å². The van der Waals surface area contributed by atoms with Crippen LogP contribution in [-0.4, -0.2) is 18.8 Å². The molecule has 0 rings (SSSR count). The summed E-state index contributed by atoms with van der Waals surface area (Å²) in [6.07, 6.45) is 2.50. The van der Waals surface area contributed by atoms with Crippen molar-refractivity contribution in [2.45, 2.75) is 45.8 Å². The highest BCUT2D eigenvalue weighted by molar-refractivity contribution is 4.51. The van der Waals surface area contributed by atoms with Crippen LogP contribution < -0.4 is 5.73 Å². The van der Waals surface area contributed by atoms with E-state index >= 15 is 0 Å². The fraction of sp³-hybridized carbons (Fsp3) is 1.00. The zero-order valence-corrected chi connectivity index (χ0v) is 7.26. The van der Waals surface area contributed by atoms with Gasteiger partial charge < -0.3 is 10.5 Å². The lowest BCUT2D eigenvalue weighted by Crippen LogP contribution is -2.15. The molecule has 0 saturated carbocycles. The second-order valence-electron chi connectivity index (χ2n) is 3.04. The van der Waals surface area contributed by atoms with Gasteiger partial charge in [-0.1, -0.05) is 0 Å². The quantitative estimate of drug-likeness (QED) is 0.595. The van der Waals surface area contributed by atoms with E-state index in [1.165, 1.54) is 0 Å². The van der Waals surface area contributed by atoms with E-state index in [4.69, 9.17) is 10.5 Å². The fourth-order valence-corrected chi connectivity index (χ4v) is 0.724. The van der Waals surface area contributed by atoms with Gasteiger partial charge in [0.05, 0.1) is 6.10 Å². The van der Waals surface area contributed by atoms with Crippen LogP contribution in [0.3, 0.4) is 0 Å². The normalized spacial score (nSPS) is 14.1. The molecule has 0 aliphatic rings. The van der Waals surface area contributed by atoms with Gasteiger partial charge in [0.1, 0.15) is 0 Å². The molecule has 62 valence electrons. The van der Waals surface area contributed by atoms with E-state index in [1.807, 2.05) is 20.8 Å². The standard InChI is InChI=1S/C8H19NO/c1-7(2)10-6-4-5-8(3)9/h7-8H,4-6,9H2,1-3H3/t8-/m1/s1. The lowest BCUT2D eigenvalue weighted by atomic mass is 10.2. The van der Waals surface area contributed by atoms with Gasteiger partial charge in [-0.3, -0.25) is 0 Å². The van der Waals surface area contributed by atoms with Crippen molar-refractivity contribution in [1.29, 1.82) is 0 Å². The summed E-state index contributed by atoms with van der Waals surface area (Å²) in [6.45, 7) is 6.96. The summed E-state index contributed by atoms with van der Waals surface area (Å²) in [6, 6.07) is 0.316. The van der Waals surface area contributed by atoms with E-state index in [2.05, 4.69) is 0 Å². The van der Waals surface area contributed by atoms with Crippen LogP contribution in [0.2, 0.25) is 0 Å². The average molecular weight is 145 g/mol. The Morgan fingerprint density at radius 3 is 2.30 bits per heavy atom. The molecule has 0 saturated heterocycles. The van der Waals surface area contributed by atoms with Gasteiger partial charge in [-0.2, -0.15) is 0 Å². The minimum Gasteiger partial charge on any atom is -0.379 e. The average Bonchev–Trinajstić information content (AvgIpc) is 1.79. The second-order valence-corrected chi connectivity index (χ2v) is 3.04. The van der Waals surface area contributed by atoms with Gasteiger partial charge in [0.2, 0.25) is 0 Å². The van der Waals surface area contributed by atoms with Crippen LogP contribution in [0.1, 0.15) is 33.6 Å². The van der Waals surface area contributed by atoms with E-state index in [-0.39, 0.29) is 0 Å². The molecule has 1 atom stereocenters. The first-order chi connectivity index (χ1) is 4.63. The fourth-order valence-electron chi connectivity index (χ4n) is 0.724. The summed E-state index contributed by atoms with van der Waals surface area (Å²) in [5, 5.41) is 0. The summed E-state index contributed by atoms with van der Waals surface area (Å²) in [5.41, 5.74) is 5.55. The first-order valence-corrected chi connectivity index (χ1v) is 4.00. The van der Waals surface area contributed by atoms with Crippen molar-refractivity contribution in [3.8, 4) is 0 Å². The predicted molar refractivity (Wildman–Crippen MR) is 44.0 cm³/mol. The first kappa shape index (κ1) is 9.92. The van der Waals surface area contributed by atoms with Crippen molar-refractivity contribution in [2.75, 3.05) is 6.61 Å². The van der Waals surface area contributed by atoms with Gasteiger partial charge >= 0.3 is 0 Å². The van der Waals surface area contributed by atoms with Crippen molar-refractivity contribution in [2.24, 2.45) is 5.73 Å². The van der Waals surface area contributed by atoms with Crippen LogP contribution in [0.5, 0.6) is 0 Å². The lowest BCUT2D eigenvalue weighted by Gasteiger charge is -2.08. The number of nitrogens with two attached hydrogens (primary N) is 1. The maximum absolute atomic E-state index is 5.55. The molecule has 0 aliphatic heterocycles. The molecule has 2 nitrogen and oxygen atoms in total. The van der Waals surface area contributed by atoms with Gasteiger partial charge in [0, 0.05) is 12.6 Å². The molecule has 10 heavy (non-hydrogen) atoms. The lowest BCUT2D eigenvalue weighted by molar-refractivity contribution is 0.0753. The van der Waals surface area contributed by atoms with E-state index in [0.29, 0.717) is 12.1 Å². The highest BCUT2D eigenvalue weighted by Gasteiger charge is 1.95. The van der Waals surface area contributed by atoms with Crippen molar-refractivity contribution in [3.05, 3.63) is 0 Å². The van der Waals surface area contributed by atoms with Gasteiger partial charge in [-0.25, -0.2) is 0 Å². The molecular formula is C8H19NO. The van der Waals surface area contributed by atoms with Crippen molar-refractivity contribution >= 4 is 0 Å². The maximum atomic E-state index is 5.55. The molecule has 0 aromatic rings. The molecular weight excluding hydrogens is 126 g/mol. The van der Waals surface area contributed by atoms with E-state index in [1.54, 1.807) is 0 Å². The Morgan fingerprint density at radius 2 is 1.90 bits per heavy atom. The summed E-state index contributed by atoms with van der Waals surface area (Å²) in [7, 11) is 0. The molecule has 0 aromatic heterocycles. The monoisotopic (exact) mass is 145 g/mol. The summed E-state index contributed by atoms with van der Waals surface area (Å²) in [4.78, 5) is 0. The Morgan fingerprint density at radius 1 is 1.30 bits per heavy atom. The Bertz CT molecular complexity index is 61.7. The Hall–Kier alpha value is -0.0800. The number of ether oxygens (including phenoxy) is 1. The molecule has 0 aliphatic carbocycles. The van der Waals surface area contributed by atoms with Crippen molar-refractivity contribution < 1.29 is 4.74 Å². The largest absolute Gasteiger partial charge is 0.379 e. The zero-order valence-electron chi connectivity index (χ0n) is 7.26. The minimum atomic E-state index is 0.316. The third kappa shape index (κ3) is 7.92. The number of rotatable bonds is 5. The van der Waals surface area contributed by atoms with Gasteiger partial charge in [0.15, 0.2) is 0 Å². The SMILES string of the molecule is CC(C)OCCC[C@@H](C)N. The second kappa shape index (κ2) is 5.69. The van der Waals surface area contributed by atoms with Crippen LogP contribution >= 0.6 is 0 Å².